The fourth-order valence-electron chi connectivity index (χ4n) is 2.36. The van der Waals surface area contributed by atoms with Gasteiger partial charge >= 0.3 is 12.1 Å². The number of carboxylic acids is 1. The van der Waals surface area contributed by atoms with Crippen molar-refractivity contribution in [3.63, 3.8) is 0 Å². The Bertz CT molecular complexity index is 401. The van der Waals surface area contributed by atoms with Gasteiger partial charge in [-0.15, -0.1) is 0 Å². The summed E-state index contributed by atoms with van der Waals surface area (Å²) in [5.74, 6) is -5.32. The number of halogens is 3. The molecule has 8 heteroatoms. The summed E-state index contributed by atoms with van der Waals surface area (Å²) in [5, 5.41) is 11.6. The maximum absolute atomic E-state index is 12.9. The summed E-state index contributed by atoms with van der Waals surface area (Å²) in [4.78, 5) is 24.2. The van der Waals surface area contributed by atoms with E-state index in [0.29, 0.717) is 6.42 Å². The van der Waals surface area contributed by atoms with Crippen LogP contribution in [0.3, 0.4) is 0 Å². The van der Waals surface area contributed by atoms with Crippen molar-refractivity contribution in [1.29, 1.82) is 0 Å². The van der Waals surface area contributed by atoms with E-state index in [2.05, 4.69) is 5.32 Å². The number of hydrogen-bond donors (Lipinski definition) is 2. The van der Waals surface area contributed by atoms with Gasteiger partial charge in [-0.25, -0.2) is 0 Å². The molecule has 1 heterocycles. The Labute approximate surface area is 121 Å². The van der Waals surface area contributed by atoms with Gasteiger partial charge < -0.3 is 10.4 Å². The highest BCUT2D eigenvalue weighted by molar-refractivity contribution is 5.82. The van der Waals surface area contributed by atoms with E-state index in [4.69, 9.17) is 5.11 Å². The first-order valence-corrected chi connectivity index (χ1v) is 6.91. The Balaban J connectivity index is 2.77. The summed E-state index contributed by atoms with van der Waals surface area (Å²) in [6.45, 7) is 4.44. The lowest BCUT2D eigenvalue weighted by Crippen LogP contribution is -2.47. The van der Waals surface area contributed by atoms with Crippen LogP contribution in [0.15, 0.2) is 0 Å². The number of nitrogens with zero attached hydrogens (tertiary/aromatic N) is 1. The molecule has 1 amide bonds. The quantitative estimate of drug-likeness (QED) is 0.807. The van der Waals surface area contributed by atoms with Crippen LogP contribution < -0.4 is 5.32 Å². The van der Waals surface area contributed by atoms with Crippen LogP contribution in [0.1, 0.15) is 27.2 Å². The number of carboxylic acid groups (broad SMARTS) is 1. The maximum Gasteiger partial charge on any atom is 0.393 e. The van der Waals surface area contributed by atoms with Gasteiger partial charge in [0.25, 0.3) is 0 Å². The van der Waals surface area contributed by atoms with Gasteiger partial charge in [0.05, 0.1) is 17.9 Å². The van der Waals surface area contributed by atoms with Crippen molar-refractivity contribution >= 4 is 11.9 Å². The van der Waals surface area contributed by atoms with Crippen LogP contribution in [0, 0.1) is 11.8 Å². The second kappa shape index (κ2) is 6.64. The summed E-state index contributed by atoms with van der Waals surface area (Å²) < 4.78 is 38.6. The first-order chi connectivity index (χ1) is 9.57. The molecular weight excluding hydrogens is 289 g/mol. The molecule has 1 fully saturated rings. The van der Waals surface area contributed by atoms with Crippen LogP contribution in [0.25, 0.3) is 0 Å². The molecule has 0 saturated carbocycles. The molecule has 0 aliphatic carbocycles. The summed E-state index contributed by atoms with van der Waals surface area (Å²) in [6.07, 6.45) is -3.87. The molecule has 0 aromatic carbocycles. The number of hydrogen-bond acceptors (Lipinski definition) is 3. The molecule has 1 aliphatic heterocycles. The lowest BCUT2D eigenvalue weighted by Gasteiger charge is -2.25. The molecule has 0 radical (unpaired) electrons. The van der Waals surface area contributed by atoms with Crippen molar-refractivity contribution in [2.75, 3.05) is 13.1 Å². The third-order valence-corrected chi connectivity index (χ3v) is 4.01. The van der Waals surface area contributed by atoms with E-state index in [1.807, 2.05) is 6.92 Å². The third-order valence-electron chi connectivity index (χ3n) is 4.01. The number of likely N-dealkylation sites (tertiary alicyclic amines) is 1. The molecule has 2 N–H and O–H groups in total. The second-order valence-electron chi connectivity index (χ2n) is 5.54. The van der Waals surface area contributed by atoms with Crippen molar-refractivity contribution in [1.82, 2.24) is 10.2 Å². The van der Waals surface area contributed by atoms with Crippen LogP contribution in [0.5, 0.6) is 0 Å². The average Bonchev–Trinajstić information content (AvgIpc) is 2.82. The Kier molecular flexibility index (Phi) is 5.61. The molecule has 122 valence electrons. The predicted octanol–water partition coefficient (Wildman–Crippen LogP) is 1.48. The largest absolute Gasteiger partial charge is 0.481 e. The normalized spacial score (nSPS) is 26.4. The number of aliphatic carboxylic acids is 1. The first-order valence-electron chi connectivity index (χ1n) is 6.91. The van der Waals surface area contributed by atoms with Crippen LogP contribution in [-0.2, 0) is 9.59 Å². The van der Waals surface area contributed by atoms with Crippen molar-refractivity contribution in [3.8, 4) is 0 Å². The minimum Gasteiger partial charge on any atom is -0.481 e. The predicted molar refractivity (Wildman–Crippen MR) is 69.6 cm³/mol. The van der Waals surface area contributed by atoms with Gasteiger partial charge in [0, 0.05) is 19.1 Å². The summed E-state index contributed by atoms with van der Waals surface area (Å²) in [7, 11) is 0. The molecule has 4 atom stereocenters. The molecule has 5 nitrogen and oxygen atoms in total. The van der Waals surface area contributed by atoms with E-state index in [-0.39, 0.29) is 18.5 Å². The van der Waals surface area contributed by atoms with Crippen molar-refractivity contribution in [3.05, 3.63) is 0 Å². The smallest absolute Gasteiger partial charge is 0.393 e. The van der Waals surface area contributed by atoms with Gasteiger partial charge in [-0.2, -0.15) is 13.2 Å². The fourth-order valence-corrected chi connectivity index (χ4v) is 2.36. The fraction of sp³-hybridized carbons (Fsp3) is 0.846. The lowest BCUT2D eigenvalue weighted by atomic mass is 9.96. The van der Waals surface area contributed by atoms with E-state index in [1.165, 1.54) is 11.8 Å². The Morgan fingerprint density at radius 1 is 1.33 bits per heavy atom. The Morgan fingerprint density at radius 2 is 1.90 bits per heavy atom. The number of carbonyl (C=O) groups excluding carboxylic acids is 1. The van der Waals surface area contributed by atoms with Crippen LogP contribution >= 0.6 is 0 Å². The number of rotatable bonds is 5. The number of alkyl halides is 3. The van der Waals surface area contributed by atoms with Gasteiger partial charge in [-0.05, 0) is 20.3 Å². The SMILES string of the molecule is CCC(C)NC(=O)C(C)N1C[C@@H](C(F)(F)F)[C@H](C(=O)O)C1. The third kappa shape index (κ3) is 4.33. The lowest BCUT2D eigenvalue weighted by molar-refractivity contribution is -0.188. The molecule has 1 aliphatic rings. The van der Waals surface area contributed by atoms with Crippen molar-refractivity contribution in [2.24, 2.45) is 11.8 Å². The zero-order valence-electron chi connectivity index (χ0n) is 12.3. The number of carbonyl (C=O) groups is 2. The standard InChI is InChI=1S/C13H21F3N2O3/c1-4-7(2)17-11(19)8(3)18-5-9(12(20)21)10(6-18)13(14,15)16/h7-10H,4-6H2,1-3H3,(H,17,19)(H,20,21)/t7?,8?,9-,10-/m1/s1. The molecule has 0 bridgehead atoms. The van der Waals surface area contributed by atoms with Gasteiger partial charge in [0.2, 0.25) is 5.91 Å². The maximum atomic E-state index is 12.9. The van der Waals surface area contributed by atoms with E-state index in [1.54, 1.807) is 6.92 Å². The van der Waals surface area contributed by atoms with Crippen LogP contribution in [-0.4, -0.2) is 53.2 Å². The highest BCUT2D eigenvalue weighted by atomic mass is 19.4. The number of amides is 1. The molecule has 2 unspecified atom stereocenters. The first kappa shape index (κ1) is 17.7. The molecular formula is C13H21F3N2O3. The molecule has 0 aromatic rings. The van der Waals surface area contributed by atoms with Gasteiger partial charge in [-0.3, -0.25) is 14.5 Å². The van der Waals surface area contributed by atoms with E-state index in [0.717, 1.165) is 0 Å². The average molecular weight is 310 g/mol. The molecule has 1 saturated heterocycles. The summed E-state index contributed by atoms with van der Waals surface area (Å²) in [5.41, 5.74) is 0. The second-order valence-corrected chi connectivity index (χ2v) is 5.54. The van der Waals surface area contributed by atoms with Gasteiger partial charge in [0.15, 0.2) is 0 Å². The van der Waals surface area contributed by atoms with Gasteiger partial charge in [-0.1, -0.05) is 6.92 Å². The van der Waals surface area contributed by atoms with Crippen LogP contribution in [0.4, 0.5) is 13.2 Å². The number of nitrogens with one attached hydrogen (secondary N) is 1. The summed E-state index contributed by atoms with van der Waals surface area (Å²) >= 11 is 0. The minimum absolute atomic E-state index is 0.0729. The molecule has 1 rings (SSSR count). The van der Waals surface area contributed by atoms with Crippen molar-refractivity contribution in [2.45, 2.75) is 45.5 Å². The minimum atomic E-state index is -4.58. The highest BCUT2D eigenvalue weighted by Crippen LogP contribution is 2.38. The monoisotopic (exact) mass is 310 g/mol. The summed E-state index contributed by atoms with van der Waals surface area (Å²) in [6, 6.07) is -0.857. The van der Waals surface area contributed by atoms with Crippen LogP contribution in [0.2, 0.25) is 0 Å². The molecule has 0 spiro atoms. The van der Waals surface area contributed by atoms with Crippen molar-refractivity contribution < 1.29 is 27.9 Å². The molecule has 0 aromatic heterocycles. The zero-order valence-corrected chi connectivity index (χ0v) is 12.3. The van der Waals surface area contributed by atoms with E-state index < -0.39 is 36.6 Å². The highest BCUT2D eigenvalue weighted by Gasteiger charge is 2.53. The van der Waals surface area contributed by atoms with E-state index in [9.17, 15) is 22.8 Å². The van der Waals surface area contributed by atoms with E-state index >= 15 is 0 Å². The Hall–Kier alpha value is -1.31. The Morgan fingerprint density at radius 3 is 2.29 bits per heavy atom. The topological polar surface area (TPSA) is 69.6 Å². The molecule has 21 heavy (non-hydrogen) atoms. The van der Waals surface area contributed by atoms with Gasteiger partial charge in [0.1, 0.15) is 0 Å². The zero-order chi connectivity index (χ0) is 16.4.